The molecule has 16 aromatic rings. The van der Waals surface area contributed by atoms with Crippen molar-refractivity contribution in [2.24, 2.45) is 0 Å². The number of pyridine rings is 8. The first kappa shape index (κ1) is 94.3. The van der Waals surface area contributed by atoms with Gasteiger partial charge in [0, 0.05) is 197 Å². The van der Waals surface area contributed by atoms with Gasteiger partial charge >= 0.3 is 0 Å². The van der Waals surface area contributed by atoms with Gasteiger partial charge in [0.25, 0.3) is 23.6 Å². The minimum Gasteiger partial charge on any atom is -0.349 e. The van der Waals surface area contributed by atoms with E-state index in [9.17, 15) is 36.7 Å². The number of hydrogen-bond acceptors (Lipinski definition) is 18. The molecule has 2 fully saturated rings. The zero-order valence-electron chi connectivity index (χ0n) is 77.0. The zero-order valence-corrected chi connectivity index (χ0v) is 77.0. The van der Waals surface area contributed by atoms with E-state index < -0.39 is 0 Å². The molecule has 2 saturated heterocycles. The summed E-state index contributed by atoms with van der Waals surface area (Å²) in [5, 5.41) is 11.9. The quantitative estimate of drug-likeness (QED) is 0.0290. The lowest BCUT2D eigenvalue weighted by Gasteiger charge is -2.32. The lowest BCUT2D eigenvalue weighted by molar-refractivity contribution is 0.0924. The van der Waals surface area contributed by atoms with Crippen LogP contribution >= 0.6 is 0 Å². The van der Waals surface area contributed by atoms with Gasteiger partial charge in [-0.1, -0.05) is 36.4 Å². The normalized spacial score (nSPS) is 13.2. The number of carbonyl (C=O) groups is 4. The number of halogens is 4. The van der Waals surface area contributed by atoms with Gasteiger partial charge in [0.05, 0.1) is 69.6 Å². The SMILES string of the molecule is Cc1cc(-c2ncccc2-c2ccc3cnc(C(=O)NCCCN(C)C)n3c2)ccc1F.Cc1cc(-c2ncccc2-c2ccc3cnc(C(=O)NCCN(C)C)n3c2)ccc1F.Cc1cc(-c2ncccc2-c2ccn3c(C(=O)NCCCN4CCN(C)CC4)ncc3c2)ccc1F.Cc1cc(-c2ncccc2-c2ccn3c(C(=O)NCCN4CCN(C)CC4)ncc3c2)ccc1F. The molecular formula is C104H110F4N22O4. The highest BCUT2D eigenvalue weighted by atomic mass is 19.1. The van der Waals surface area contributed by atoms with Crippen LogP contribution in [0.5, 0.6) is 0 Å². The molecule has 0 atom stereocenters. The molecule has 4 N–H and O–H groups in total. The lowest BCUT2D eigenvalue weighted by atomic mass is 9.99. The first-order valence-corrected chi connectivity index (χ1v) is 44.9. The largest absolute Gasteiger partial charge is 0.349 e. The predicted molar refractivity (Wildman–Crippen MR) is 518 cm³/mol. The summed E-state index contributed by atoms with van der Waals surface area (Å²) in [5.41, 5.74) is 19.4. The van der Waals surface area contributed by atoms with E-state index in [1.54, 1.807) is 131 Å². The average molecular weight is 1810 g/mol. The highest BCUT2D eigenvalue weighted by Crippen LogP contribution is 2.37. The molecule has 0 spiro atoms. The minimum atomic E-state index is -0.244. The third kappa shape index (κ3) is 23.0. The summed E-state index contributed by atoms with van der Waals surface area (Å²) in [5.74, 6) is -0.334. The van der Waals surface area contributed by atoms with Gasteiger partial charge in [-0.05, 0) is 263 Å². The van der Waals surface area contributed by atoms with Crippen LogP contribution in [0.1, 0.15) is 77.6 Å². The van der Waals surface area contributed by atoms with Gasteiger partial charge in [-0.15, -0.1) is 0 Å². The van der Waals surface area contributed by atoms with E-state index in [0.29, 0.717) is 71.7 Å². The molecule has 0 aliphatic carbocycles. The summed E-state index contributed by atoms with van der Waals surface area (Å²) in [7, 11) is 12.2. The summed E-state index contributed by atoms with van der Waals surface area (Å²) in [6.45, 7) is 21.3. The van der Waals surface area contributed by atoms with Crippen molar-refractivity contribution in [3.05, 3.63) is 313 Å². The predicted octanol–water partition coefficient (Wildman–Crippen LogP) is 15.4. The van der Waals surface area contributed by atoms with Crippen molar-refractivity contribution >= 4 is 45.7 Å². The summed E-state index contributed by atoms with van der Waals surface area (Å²) >= 11 is 0. The Kier molecular flexibility index (Phi) is 30.8. The number of fused-ring (bicyclic) bond motifs is 4. The fourth-order valence-corrected chi connectivity index (χ4v) is 16.2. The van der Waals surface area contributed by atoms with Crippen molar-refractivity contribution in [2.45, 2.75) is 40.5 Å². The molecule has 14 heterocycles. The molecule has 0 radical (unpaired) electrons. The van der Waals surface area contributed by atoms with E-state index in [0.717, 1.165) is 203 Å². The zero-order chi connectivity index (χ0) is 94.1. The van der Waals surface area contributed by atoms with Gasteiger partial charge in [-0.25, -0.2) is 37.5 Å². The number of amides is 4. The summed E-state index contributed by atoms with van der Waals surface area (Å²) in [6.07, 6.45) is 23.0. The number of benzene rings is 4. The molecule has 0 bridgehead atoms. The van der Waals surface area contributed by atoms with Gasteiger partial charge in [0.15, 0.2) is 0 Å². The van der Waals surface area contributed by atoms with Crippen LogP contribution < -0.4 is 21.3 Å². The van der Waals surface area contributed by atoms with Gasteiger partial charge in [0.1, 0.15) is 23.3 Å². The van der Waals surface area contributed by atoms with E-state index in [4.69, 9.17) is 0 Å². The number of imidazole rings is 4. The summed E-state index contributed by atoms with van der Waals surface area (Å²) < 4.78 is 62.3. The maximum absolute atomic E-state index is 13.8. The molecule has 0 unspecified atom stereocenters. The van der Waals surface area contributed by atoms with Gasteiger partial charge in [0.2, 0.25) is 23.3 Å². The molecule has 18 rings (SSSR count). The van der Waals surface area contributed by atoms with Crippen LogP contribution in [0.25, 0.3) is 112 Å². The Morgan fingerprint density at radius 3 is 0.993 bits per heavy atom. The van der Waals surface area contributed by atoms with Crippen LogP contribution in [0.15, 0.2) is 244 Å². The molecule has 4 aromatic carbocycles. The molecule has 4 amide bonds. The summed E-state index contributed by atoms with van der Waals surface area (Å²) in [4.78, 5) is 100. The lowest BCUT2D eigenvalue weighted by Crippen LogP contribution is -2.47. The standard InChI is InChI=1S/C28H31FN6O.C27H29FN6O.C25H26FN5O.C24H24FN5O/c1-20-17-22(6-7-25(20)29)26-24(5-3-9-30-26)21-8-12-35-23(18-21)19-32-27(35)28(36)31-10-4-11-34-15-13-33(2)14-16-34;1-19-16-21(5-6-24(19)28)25-23(4-3-8-29-25)20-7-10-34-22(17-20)18-31-26(34)27(35)30-9-11-33-14-12-32(2)13-15-33;1-17-14-18(8-10-22(17)26)23-21(6-4-11-27-23)19-7-9-20-15-29-24(31(20)16-19)25(32)28-12-5-13-30(2)3;1-16-13-17(7-9-21(16)25)22-20(5-4-10-26-22)18-6-8-19-14-28-23(30(19)15-18)24(31)27-11-12-29(2)3/h3,5-9,12,17-19H,4,10-11,13-16H2,1-2H3,(H,31,36);3-8,10,16-18H,9,11-15H2,1-2H3,(H,30,35);4,6-11,14-16H,5,12-13H2,1-3H3,(H,28,32);4-10,13-15H,11-12H2,1-3H3,(H,27,31). The Morgan fingerprint density at radius 2 is 0.634 bits per heavy atom. The Labute approximate surface area is 776 Å². The average Bonchev–Trinajstić information content (AvgIpc) is 0.870. The van der Waals surface area contributed by atoms with Crippen molar-refractivity contribution in [3.63, 3.8) is 0 Å². The number of nitrogens with zero attached hydrogens (tertiary/aromatic N) is 18. The number of aromatic nitrogens is 12. The smallest absolute Gasteiger partial charge is 0.287 e. The number of piperazine rings is 2. The molecule has 0 saturated carbocycles. The maximum Gasteiger partial charge on any atom is 0.287 e. The van der Waals surface area contributed by atoms with Gasteiger partial charge in [-0.2, -0.15) is 0 Å². The molecule has 2 aliphatic heterocycles. The first-order chi connectivity index (χ1) is 64.9. The second kappa shape index (κ2) is 43.8. The van der Waals surface area contributed by atoms with E-state index in [1.165, 1.54) is 24.3 Å². The van der Waals surface area contributed by atoms with Crippen LogP contribution in [0.4, 0.5) is 17.6 Å². The Hall–Kier alpha value is -14.4. The highest BCUT2D eigenvalue weighted by Gasteiger charge is 2.24. The number of nitrogens with one attached hydrogen (secondary N) is 4. The second-order valence-electron chi connectivity index (χ2n) is 34.3. The van der Waals surface area contributed by atoms with Crippen LogP contribution in [-0.4, -0.2) is 258 Å². The van der Waals surface area contributed by atoms with E-state index in [1.807, 2.05) is 167 Å². The Bertz CT molecular complexity index is 6870. The molecule has 30 heteroatoms. The molecule has 2 aliphatic rings. The Balaban J connectivity index is 0.000000136. The van der Waals surface area contributed by atoms with Gasteiger partial charge in [-0.3, -0.25) is 61.6 Å². The molecule has 12 aromatic heterocycles. The molecule has 688 valence electrons. The fraction of sp³-hybridized carbons (Fsp3) is 0.269. The Morgan fingerprint density at radius 1 is 0.321 bits per heavy atom. The van der Waals surface area contributed by atoms with Gasteiger partial charge < -0.3 is 45.8 Å². The second-order valence-corrected chi connectivity index (χ2v) is 34.3. The molecule has 134 heavy (non-hydrogen) atoms. The van der Waals surface area contributed by atoms with Crippen molar-refractivity contribution in [1.29, 1.82) is 0 Å². The molecule has 26 nitrogen and oxygen atoms in total. The number of rotatable bonds is 26. The molecular weight excluding hydrogens is 1700 g/mol. The van der Waals surface area contributed by atoms with E-state index in [-0.39, 0.29) is 46.9 Å². The van der Waals surface area contributed by atoms with E-state index >= 15 is 0 Å². The van der Waals surface area contributed by atoms with Crippen molar-refractivity contribution in [2.75, 3.05) is 147 Å². The van der Waals surface area contributed by atoms with Crippen molar-refractivity contribution < 1.29 is 36.7 Å². The van der Waals surface area contributed by atoms with Crippen LogP contribution in [0.3, 0.4) is 0 Å². The van der Waals surface area contributed by atoms with E-state index in [2.05, 4.69) is 99.7 Å². The highest BCUT2D eigenvalue weighted by molar-refractivity contribution is 5.95. The summed E-state index contributed by atoms with van der Waals surface area (Å²) in [6, 6.07) is 51.1. The number of likely N-dealkylation sites (N-methyl/N-ethyl adjacent to an activating group) is 3. The van der Waals surface area contributed by atoms with Crippen molar-refractivity contribution in [1.82, 2.24) is 108 Å². The van der Waals surface area contributed by atoms with Crippen LogP contribution in [0, 0.1) is 51.0 Å². The maximum atomic E-state index is 13.8. The number of hydrogen-bond donors (Lipinski definition) is 4. The third-order valence-electron chi connectivity index (χ3n) is 23.9. The third-order valence-corrected chi connectivity index (χ3v) is 23.9. The first-order valence-electron chi connectivity index (χ1n) is 44.9. The topological polar surface area (TPSA) is 257 Å². The monoisotopic (exact) mass is 1810 g/mol. The van der Waals surface area contributed by atoms with Crippen molar-refractivity contribution in [3.8, 4) is 89.5 Å². The minimum absolute atomic E-state index is 0.176. The number of carbonyl (C=O) groups excluding carboxylic acids is 4. The fourth-order valence-electron chi connectivity index (χ4n) is 16.2. The van der Waals surface area contributed by atoms with Crippen LogP contribution in [-0.2, 0) is 0 Å². The number of aryl methyl sites for hydroxylation is 4. The van der Waals surface area contributed by atoms with Crippen LogP contribution in [0.2, 0.25) is 0 Å².